The van der Waals surface area contributed by atoms with Gasteiger partial charge in [0.05, 0.1) is 25.9 Å². The average molecular weight is 675 g/mol. The predicted molar refractivity (Wildman–Crippen MR) is 183 cm³/mol. The quantitative estimate of drug-likeness (QED) is 0.138. The summed E-state index contributed by atoms with van der Waals surface area (Å²) in [5, 5.41) is 45.2. The van der Waals surface area contributed by atoms with Crippen molar-refractivity contribution in [3.05, 3.63) is 0 Å². The first kappa shape index (κ1) is 35.6. The van der Waals surface area contributed by atoms with Gasteiger partial charge in [-0.1, -0.05) is 0 Å². The second-order valence-corrected chi connectivity index (χ2v) is 18.3. The Bertz CT molecular complexity index is 1000. The highest BCUT2D eigenvalue weighted by atomic mass is 16.5. The van der Waals surface area contributed by atoms with Crippen LogP contribution < -0.4 is 5.32 Å². The molecule has 5 atom stereocenters. The van der Waals surface area contributed by atoms with Crippen molar-refractivity contribution in [3.8, 4) is 0 Å². The summed E-state index contributed by atoms with van der Waals surface area (Å²) in [6.07, 6.45) is 17.9. The fraction of sp³-hybridized carbons (Fsp3) is 0.974. The van der Waals surface area contributed by atoms with Gasteiger partial charge in [0, 0.05) is 19.8 Å². The van der Waals surface area contributed by atoms with Crippen molar-refractivity contribution < 1.29 is 34.7 Å². The topological polar surface area (TPSA) is 132 Å². The molecule has 1 amide bonds. The number of piperidine rings is 1. The molecule has 1 aliphatic heterocycles. The molecule has 48 heavy (non-hydrogen) atoms. The van der Waals surface area contributed by atoms with E-state index in [0.717, 1.165) is 100 Å². The van der Waals surface area contributed by atoms with Crippen LogP contribution in [0.1, 0.15) is 116 Å². The molecule has 8 aliphatic carbocycles. The second-order valence-electron chi connectivity index (χ2n) is 18.3. The number of hydrogen-bond donors (Lipinski definition) is 5. The number of hydrogen-bond acceptors (Lipinski definition) is 8. The van der Waals surface area contributed by atoms with E-state index >= 15 is 0 Å². The third kappa shape index (κ3) is 7.83. The molecule has 0 spiro atoms. The highest BCUT2D eigenvalue weighted by Crippen LogP contribution is 2.61. The van der Waals surface area contributed by atoms with Gasteiger partial charge in [0.15, 0.2) is 0 Å². The number of rotatable bonds is 18. The number of ether oxygens (including phenoxy) is 2. The zero-order valence-corrected chi connectivity index (χ0v) is 29.5. The average Bonchev–Trinajstić information content (AvgIpc) is 3.03. The monoisotopic (exact) mass is 674 g/mol. The number of amides is 1. The van der Waals surface area contributed by atoms with Crippen LogP contribution in [0.5, 0.6) is 0 Å². The summed E-state index contributed by atoms with van der Waals surface area (Å²) in [5.74, 6) is 5.26. The molecule has 8 saturated carbocycles. The van der Waals surface area contributed by atoms with Crippen molar-refractivity contribution >= 4 is 5.91 Å². The summed E-state index contributed by atoms with van der Waals surface area (Å²) >= 11 is 0. The zero-order chi connectivity index (χ0) is 33.3. The zero-order valence-electron chi connectivity index (χ0n) is 29.5. The lowest BCUT2D eigenvalue weighted by atomic mass is 9.50. The van der Waals surface area contributed by atoms with Crippen molar-refractivity contribution in [2.24, 2.45) is 46.3 Å². The Balaban J connectivity index is 0.795. The molecular weight excluding hydrogens is 608 g/mol. The predicted octanol–water partition coefficient (Wildman–Crippen LogP) is 4.04. The first-order valence-corrected chi connectivity index (χ1v) is 20.1. The summed E-state index contributed by atoms with van der Waals surface area (Å²) in [6.45, 7) is 3.83. The Morgan fingerprint density at radius 3 is 1.54 bits per heavy atom. The Kier molecular flexibility index (Phi) is 11.4. The number of likely N-dealkylation sites (tertiary alicyclic amines) is 1. The normalized spacial score (nSPS) is 44.5. The van der Waals surface area contributed by atoms with Gasteiger partial charge in [-0.3, -0.25) is 9.69 Å². The van der Waals surface area contributed by atoms with E-state index in [0.29, 0.717) is 23.9 Å². The number of nitrogens with one attached hydrogen (secondary N) is 1. The van der Waals surface area contributed by atoms with Crippen molar-refractivity contribution in [1.29, 1.82) is 0 Å². The van der Waals surface area contributed by atoms with Gasteiger partial charge in [-0.25, -0.2) is 0 Å². The third-order valence-electron chi connectivity index (χ3n) is 14.3. The molecule has 9 aliphatic rings. The maximum Gasteiger partial charge on any atom is 0.240 e. The van der Waals surface area contributed by atoms with Crippen molar-refractivity contribution in [1.82, 2.24) is 10.2 Å². The maximum absolute atomic E-state index is 13.4. The standard InChI is InChI=1S/C39H66N2O7/c42-23-32-34(43)36(45)35(44)33(41(32)8-4-2-6-10-48-25-39-20-29-14-30(21-39)16-31(15-29)22-39)37(46)40-7-3-1-5-9-47-24-38-17-26-11-27(18-38)13-28(12-26)19-38/h26-36,42-45H,1-25H2,(H,40,46)/t26?,27?,28?,29?,30?,31?,32-,33+,34-,35+,36+,38?,39?/m1/s1. The fourth-order valence-electron chi connectivity index (χ4n) is 13.0. The maximum atomic E-state index is 13.4. The lowest BCUT2D eigenvalue weighted by Gasteiger charge is -2.56. The first-order chi connectivity index (χ1) is 23.3. The van der Waals surface area contributed by atoms with Gasteiger partial charge < -0.3 is 35.2 Å². The van der Waals surface area contributed by atoms with Crippen molar-refractivity contribution in [3.63, 3.8) is 0 Å². The van der Waals surface area contributed by atoms with Crippen LogP contribution in [0.2, 0.25) is 0 Å². The van der Waals surface area contributed by atoms with E-state index in [4.69, 9.17) is 9.47 Å². The highest BCUT2D eigenvalue weighted by Gasteiger charge is 2.53. The number of aliphatic hydroxyl groups excluding tert-OH is 4. The lowest BCUT2D eigenvalue weighted by molar-refractivity contribution is -0.178. The van der Waals surface area contributed by atoms with Gasteiger partial charge in [0.25, 0.3) is 0 Å². The van der Waals surface area contributed by atoms with Gasteiger partial charge >= 0.3 is 0 Å². The van der Waals surface area contributed by atoms with E-state index in [1.54, 1.807) is 4.90 Å². The minimum absolute atomic E-state index is 0.358. The van der Waals surface area contributed by atoms with Gasteiger partial charge in [-0.15, -0.1) is 0 Å². The van der Waals surface area contributed by atoms with Gasteiger partial charge in [0.1, 0.15) is 24.4 Å². The summed E-state index contributed by atoms with van der Waals surface area (Å²) in [4.78, 5) is 15.1. The van der Waals surface area contributed by atoms with Crippen LogP contribution in [0.4, 0.5) is 0 Å². The number of unbranched alkanes of at least 4 members (excludes halogenated alkanes) is 4. The Hall–Kier alpha value is -0.810. The number of carbonyl (C=O) groups is 1. The smallest absolute Gasteiger partial charge is 0.240 e. The number of carbonyl (C=O) groups excluding carboxylic acids is 1. The molecule has 274 valence electrons. The molecule has 0 unspecified atom stereocenters. The van der Waals surface area contributed by atoms with E-state index in [-0.39, 0.29) is 5.91 Å². The molecule has 9 heteroatoms. The molecule has 9 nitrogen and oxygen atoms in total. The molecule has 1 heterocycles. The Labute approximate surface area is 288 Å². The molecule has 0 aromatic carbocycles. The van der Waals surface area contributed by atoms with Crippen molar-refractivity contribution in [2.45, 2.75) is 146 Å². The third-order valence-corrected chi connectivity index (χ3v) is 14.3. The van der Waals surface area contributed by atoms with Crippen LogP contribution in [-0.4, -0.2) is 108 Å². The Morgan fingerprint density at radius 1 is 0.625 bits per heavy atom. The molecule has 0 aromatic heterocycles. The number of aliphatic hydroxyl groups is 4. The molecular formula is C39H66N2O7. The van der Waals surface area contributed by atoms with Crippen LogP contribution in [0, 0.1) is 46.3 Å². The lowest BCUT2D eigenvalue weighted by Crippen LogP contribution is -2.70. The minimum Gasteiger partial charge on any atom is -0.395 e. The van der Waals surface area contributed by atoms with Crippen LogP contribution >= 0.6 is 0 Å². The van der Waals surface area contributed by atoms with Crippen LogP contribution in [-0.2, 0) is 14.3 Å². The molecule has 9 fully saturated rings. The van der Waals surface area contributed by atoms with Crippen LogP contribution in [0.15, 0.2) is 0 Å². The van der Waals surface area contributed by atoms with Gasteiger partial charge in [0.2, 0.25) is 5.91 Å². The Morgan fingerprint density at radius 2 is 1.08 bits per heavy atom. The van der Waals surface area contributed by atoms with E-state index < -0.39 is 37.0 Å². The highest BCUT2D eigenvalue weighted by molar-refractivity contribution is 5.82. The van der Waals surface area contributed by atoms with Crippen molar-refractivity contribution in [2.75, 3.05) is 46.1 Å². The fourth-order valence-corrected chi connectivity index (χ4v) is 13.0. The van der Waals surface area contributed by atoms with E-state index in [2.05, 4.69) is 5.32 Å². The van der Waals surface area contributed by atoms with E-state index in [9.17, 15) is 25.2 Å². The summed E-state index contributed by atoms with van der Waals surface area (Å²) in [6, 6.07) is -1.82. The first-order valence-electron chi connectivity index (χ1n) is 20.1. The van der Waals surface area contributed by atoms with Gasteiger partial charge in [-0.2, -0.15) is 0 Å². The summed E-state index contributed by atoms with van der Waals surface area (Å²) in [5.41, 5.74) is 0.869. The second kappa shape index (κ2) is 15.4. The largest absolute Gasteiger partial charge is 0.395 e. The molecule has 0 aromatic rings. The van der Waals surface area contributed by atoms with Gasteiger partial charge in [-0.05, 0) is 168 Å². The molecule has 5 N–H and O–H groups in total. The molecule has 8 bridgehead atoms. The molecule has 9 rings (SSSR count). The summed E-state index contributed by atoms with van der Waals surface area (Å²) in [7, 11) is 0. The minimum atomic E-state index is -1.49. The van der Waals surface area contributed by atoms with E-state index in [1.807, 2.05) is 0 Å². The van der Waals surface area contributed by atoms with Crippen LogP contribution in [0.3, 0.4) is 0 Å². The summed E-state index contributed by atoms with van der Waals surface area (Å²) < 4.78 is 12.5. The molecule has 0 radical (unpaired) electrons. The molecule has 1 saturated heterocycles. The van der Waals surface area contributed by atoms with E-state index in [1.165, 1.54) is 77.0 Å². The SMILES string of the molecule is O=C(NCCCCCOCC12CC3CC(CC(C3)C1)C2)[C@@H]1[C@H](O)[C@@H](O)[C@H](O)[C@@H](CO)N1CCCCCOCC12CC3CC(CC(C3)C1)C2. The number of nitrogens with zero attached hydrogens (tertiary/aromatic N) is 1. The van der Waals surface area contributed by atoms with Crippen LogP contribution in [0.25, 0.3) is 0 Å².